The van der Waals surface area contributed by atoms with E-state index in [0.29, 0.717) is 22.9 Å². The number of nitrogens with zero attached hydrogens (tertiary/aromatic N) is 3. The molecule has 0 unspecified atom stereocenters. The molecule has 2 aromatic heterocycles. The fraction of sp³-hybridized carbons (Fsp3) is 0.130. The molecule has 0 aliphatic rings. The van der Waals surface area contributed by atoms with Crippen LogP contribution in [-0.2, 0) is 9.53 Å². The molecule has 0 bridgehead atoms. The Balaban J connectivity index is 1.44. The highest BCUT2D eigenvalue weighted by Gasteiger charge is 2.12. The van der Waals surface area contributed by atoms with Gasteiger partial charge in [-0.3, -0.25) is 4.79 Å². The lowest BCUT2D eigenvalue weighted by molar-refractivity contribution is -0.113. The average molecular weight is 433 g/mol. The number of benzene rings is 2. The van der Waals surface area contributed by atoms with Crippen LogP contribution in [0.25, 0.3) is 16.8 Å². The Kier molecular flexibility index (Phi) is 6.28. The Morgan fingerprint density at radius 3 is 2.74 bits per heavy atom. The van der Waals surface area contributed by atoms with Gasteiger partial charge in [-0.25, -0.2) is 14.3 Å². The van der Waals surface area contributed by atoms with Gasteiger partial charge in [0.2, 0.25) is 5.91 Å². The number of fused-ring (bicyclic) bond motifs is 1. The number of ether oxygens (including phenoxy) is 1. The molecular weight excluding hydrogens is 412 g/mol. The molecule has 0 atom stereocenters. The molecule has 0 fully saturated rings. The molecule has 0 radical (unpaired) electrons. The molecule has 8 heteroatoms. The standard InChI is InChI=1S/C23H20N4O3S/c1-2-30-23(29)17-9-6-10-18(13-17)25-21(28)15-31-22-20-14-19(16-7-4-3-5-8-16)26-27(20)12-11-24-22/h3-14H,2,15H2,1H3,(H,25,28). The summed E-state index contributed by atoms with van der Waals surface area (Å²) in [5, 5.41) is 8.13. The van der Waals surface area contributed by atoms with E-state index >= 15 is 0 Å². The van der Waals surface area contributed by atoms with Gasteiger partial charge in [-0.15, -0.1) is 0 Å². The summed E-state index contributed by atoms with van der Waals surface area (Å²) < 4.78 is 6.76. The zero-order chi connectivity index (χ0) is 21.6. The number of anilines is 1. The van der Waals surface area contributed by atoms with Crippen LogP contribution in [0.4, 0.5) is 5.69 Å². The van der Waals surface area contributed by atoms with Gasteiger partial charge in [-0.1, -0.05) is 48.2 Å². The number of thioether (sulfide) groups is 1. The molecule has 0 saturated carbocycles. The molecule has 0 aliphatic heterocycles. The number of amides is 1. The van der Waals surface area contributed by atoms with E-state index in [0.717, 1.165) is 16.8 Å². The maximum Gasteiger partial charge on any atom is 0.338 e. The van der Waals surface area contributed by atoms with E-state index in [9.17, 15) is 9.59 Å². The smallest absolute Gasteiger partial charge is 0.338 e. The summed E-state index contributed by atoms with van der Waals surface area (Å²) in [6, 6.07) is 18.5. The van der Waals surface area contributed by atoms with Crippen LogP contribution in [0.2, 0.25) is 0 Å². The van der Waals surface area contributed by atoms with Crippen LogP contribution in [0.3, 0.4) is 0 Å². The molecule has 0 spiro atoms. The van der Waals surface area contributed by atoms with Crippen LogP contribution in [0, 0.1) is 0 Å². The van der Waals surface area contributed by atoms with Crippen molar-refractivity contribution in [1.29, 1.82) is 0 Å². The third-order valence-electron chi connectivity index (χ3n) is 4.42. The monoisotopic (exact) mass is 432 g/mol. The van der Waals surface area contributed by atoms with Gasteiger partial charge >= 0.3 is 5.97 Å². The van der Waals surface area contributed by atoms with Crippen molar-refractivity contribution >= 4 is 34.8 Å². The summed E-state index contributed by atoms with van der Waals surface area (Å²) in [6.07, 6.45) is 3.45. The number of hydrogen-bond donors (Lipinski definition) is 1. The van der Waals surface area contributed by atoms with Crippen molar-refractivity contribution in [1.82, 2.24) is 14.6 Å². The number of carbonyl (C=O) groups excluding carboxylic acids is 2. The summed E-state index contributed by atoms with van der Waals surface area (Å²) >= 11 is 1.33. The second-order valence-electron chi connectivity index (χ2n) is 6.60. The molecule has 7 nitrogen and oxygen atoms in total. The minimum Gasteiger partial charge on any atom is -0.462 e. The first kappa shape index (κ1) is 20.6. The van der Waals surface area contributed by atoms with Crippen molar-refractivity contribution in [3.63, 3.8) is 0 Å². The molecule has 4 aromatic rings. The molecule has 1 amide bonds. The van der Waals surface area contributed by atoms with E-state index in [4.69, 9.17) is 4.74 Å². The van der Waals surface area contributed by atoms with E-state index in [1.54, 1.807) is 48.1 Å². The van der Waals surface area contributed by atoms with E-state index in [-0.39, 0.29) is 11.7 Å². The highest BCUT2D eigenvalue weighted by Crippen LogP contribution is 2.26. The average Bonchev–Trinajstić information content (AvgIpc) is 3.24. The minimum absolute atomic E-state index is 0.169. The second-order valence-corrected chi connectivity index (χ2v) is 7.56. The predicted octanol–water partition coefficient (Wildman–Crippen LogP) is 4.30. The Hall–Kier alpha value is -3.65. The van der Waals surface area contributed by atoms with Gasteiger partial charge in [0.1, 0.15) is 5.03 Å². The molecule has 2 aromatic carbocycles. The van der Waals surface area contributed by atoms with E-state index in [1.165, 1.54) is 11.8 Å². The maximum absolute atomic E-state index is 12.5. The van der Waals surface area contributed by atoms with Crippen LogP contribution in [0.5, 0.6) is 0 Å². The molecule has 0 saturated heterocycles. The Morgan fingerprint density at radius 2 is 1.94 bits per heavy atom. The molecule has 31 heavy (non-hydrogen) atoms. The molecule has 1 N–H and O–H groups in total. The minimum atomic E-state index is -0.418. The van der Waals surface area contributed by atoms with E-state index < -0.39 is 5.97 Å². The molecule has 156 valence electrons. The van der Waals surface area contributed by atoms with Gasteiger partial charge in [0, 0.05) is 23.6 Å². The van der Waals surface area contributed by atoms with Crippen molar-refractivity contribution < 1.29 is 14.3 Å². The van der Waals surface area contributed by atoms with Crippen molar-refractivity contribution in [2.24, 2.45) is 0 Å². The predicted molar refractivity (Wildman–Crippen MR) is 120 cm³/mol. The van der Waals surface area contributed by atoms with Crippen LogP contribution >= 0.6 is 11.8 Å². The number of nitrogens with one attached hydrogen (secondary N) is 1. The lowest BCUT2D eigenvalue weighted by Gasteiger charge is -2.07. The van der Waals surface area contributed by atoms with Gasteiger partial charge in [0.15, 0.2) is 0 Å². The number of aromatic nitrogens is 3. The molecule has 0 aliphatic carbocycles. The van der Waals surface area contributed by atoms with E-state index in [1.807, 2.05) is 36.4 Å². The summed E-state index contributed by atoms with van der Waals surface area (Å²) in [7, 11) is 0. The maximum atomic E-state index is 12.5. The van der Waals surface area contributed by atoms with Crippen LogP contribution in [-0.4, -0.2) is 38.8 Å². The topological polar surface area (TPSA) is 85.6 Å². The Morgan fingerprint density at radius 1 is 1.10 bits per heavy atom. The third kappa shape index (κ3) is 4.92. The number of carbonyl (C=O) groups is 2. The number of hydrogen-bond acceptors (Lipinski definition) is 6. The first-order valence-corrected chi connectivity index (χ1v) is 10.7. The van der Waals surface area contributed by atoms with Crippen LogP contribution < -0.4 is 5.32 Å². The second kappa shape index (κ2) is 9.44. The summed E-state index contributed by atoms with van der Waals surface area (Å²) in [5.41, 5.74) is 3.63. The van der Waals surface area contributed by atoms with Crippen LogP contribution in [0.1, 0.15) is 17.3 Å². The Bertz CT molecular complexity index is 1220. The van der Waals surface area contributed by atoms with Gasteiger partial charge in [0.25, 0.3) is 0 Å². The summed E-state index contributed by atoms with van der Waals surface area (Å²) in [4.78, 5) is 28.7. The van der Waals surface area contributed by atoms with Gasteiger partial charge in [-0.2, -0.15) is 5.10 Å². The summed E-state index contributed by atoms with van der Waals surface area (Å²) in [5.74, 6) is -0.446. The van der Waals surface area contributed by atoms with Gasteiger partial charge < -0.3 is 10.1 Å². The molecule has 2 heterocycles. The third-order valence-corrected chi connectivity index (χ3v) is 5.42. The van der Waals surface area contributed by atoms with Crippen molar-refractivity contribution in [3.05, 3.63) is 78.6 Å². The van der Waals surface area contributed by atoms with E-state index in [2.05, 4.69) is 15.4 Å². The van der Waals surface area contributed by atoms with Gasteiger partial charge in [0.05, 0.1) is 29.1 Å². The van der Waals surface area contributed by atoms with Gasteiger partial charge in [-0.05, 0) is 31.2 Å². The van der Waals surface area contributed by atoms with Crippen molar-refractivity contribution in [2.75, 3.05) is 17.7 Å². The highest BCUT2D eigenvalue weighted by atomic mass is 32.2. The largest absolute Gasteiger partial charge is 0.462 e. The van der Waals surface area contributed by atoms with Crippen molar-refractivity contribution in [3.8, 4) is 11.3 Å². The Labute approximate surface area is 183 Å². The SMILES string of the molecule is CCOC(=O)c1cccc(NC(=O)CSc2nccn3nc(-c4ccccc4)cc23)c1. The number of rotatable bonds is 7. The quantitative estimate of drug-likeness (QED) is 0.346. The van der Waals surface area contributed by atoms with Crippen molar-refractivity contribution in [2.45, 2.75) is 11.9 Å². The fourth-order valence-electron chi connectivity index (χ4n) is 3.03. The number of esters is 1. The highest BCUT2D eigenvalue weighted by molar-refractivity contribution is 8.00. The fourth-order valence-corrected chi connectivity index (χ4v) is 3.80. The normalized spacial score (nSPS) is 10.7. The zero-order valence-corrected chi connectivity index (χ0v) is 17.6. The molecular formula is C23H20N4O3S. The van der Waals surface area contributed by atoms with Crippen LogP contribution in [0.15, 0.2) is 78.1 Å². The lowest BCUT2D eigenvalue weighted by Crippen LogP contribution is -2.15. The summed E-state index contributed by atoms with van der Waals surface area (Å²) in [6.45, 7) is 2.05. The molecule has 4 rings (SSSR count). The first-order chi connectivity index (χ1) is 15.1. The lowest BCUT2D eigenvalue weighted by atomic mass is 10.1. The first-order valence-electron chi connectivity index (χ1n) is 9.73. The zero-order valence-electron chi connectivity index (χ0n) is 16.8.